The van der Waals surface area contributed by atoms with Gasteiger partial charge in [-0.05, 0) is 49.1 Å². The number of aromatic nitrogens is 3. The van der Waals surface area contributed by atoms with Crippen LogP contribution in [-0.4, -0.2) is 27.5 Å². The van der Waals surface area contributed by atoms with Crippen molar-refractivity contribution >= 4 is 10.0 Å². The molecule has 0 unspecified atom stereocenters. The zero-order valence-corrected chi connectivity index (χ0v) is 15.3. The third kappa shape index (κ3) is 3.06. The quantitative estimate of drug-likeness (QED) is 0.663. The van der Waals surface area contributed by atoms with Crippen molar-refractivity contribution in [1.82, 2.24) is 19.1 Å². The normalized spacial score (nSPS) is 14.1. The summed E-state index contributed by atoms with van der Waals surface area (Å²) in [5.41, 5.74) is 3.20. The molecule has 136 valence electrons. The fourth-order valence-corrected chi connectivity index (χ4v) is 4.77. The highest BCUT2D eigenvalue weighted by atomic mass is 32.2. The number of fused-ring (bicyclic) bond motifs is 1. The Labute approximate surface area is 152 Å². The van der Waals surface area contributed by atoms with Gasteiger partial charge in [-0.3, -0.25) is 9.67 Å². The van der Waals surface area contributed by atoms with Crippen LogP contribution >= 0.6 is 0 Å². The molecule has 1 aliphatic rings. The van der Waals surface area contributed by atoms with Crippen LogP contribution in [0.5, 0.6) is 0 Å². The minimum Gasteiger partial charge on any atom is -0.468 e. The molecule has 3 heterocycles. The van der Waals surface area contributed by atoms with Gasteiger partial charge in [0.1, 0.15) is 10.7 Å². The van der Waals surface area contributed by atoms with Crippen LogP contribution in [0.3, 0.4) is 0 Å². The van der Waals surface area contributed by atoms with Crippen molar-refractivity contribution in [2.75, 3.05) is 0 Å². The lowest BCUT2D eigenvalue weighted by Gasteiger charge is -2.20. The zero-order valence-electron chi connectivity index (χ0n) is 14.5. The Kier molecular flexibility index (Phi) is 4.37. The van der Waals surface area contributed by atoms with E-state index in [0.29, 0.717) is 5.76 Å². The monoisotopic (exact) mass is 372 g/mol. The summed E-state index contributed by atoms with van der Waals surface area (Å²) >= 11 is 0. The average Bonchev–Trinajstić information content (AvgIpc) is 3.36. The summed E-state index contributed by atoms with van der Waals surface area (Å²) in [4.78, 5) is 4.12. The first-order chi connectivity index (χ1) is 12.6. The van der Waals surface area contributed by atoms with Crippen LogP contribution in [0.15, 0.2) is 52.2 Å². The van der Waals surface area contributed by atoms with Crippen LogP contribution in [0.2, 0.25) is 0 Å². The van der Waals surface area contributed by atoms with Crippen molar-refractivity contribution < 1.29 is 12.8 Å². The first kappa shape index (κ1) is 17.0. The van der Waals surface area contributed by atoms with E-state index >= 15 is 0 Å². The molecule has 26 heavy (non-hydrogen) atoms. The maximum Gasteiger partial charge on any atom is 0.245 e. The number of pyridine rings is 1. The van der Waals surface area contributed by atoms with Gasteiger partial charge in [-0.2, -0.15) is 9.40 Å². The highest BCUT2D eigenvalue weighted by Crippen LogP contribution is 2.28. The van der Waals surface area contributed by atoms with Gasteiger partial charge < -0.3 is 4.42 Å². The van der Waals surface area contributed by atoms with Gasteiger partial charge >= 0.3 is 0 Å². The lowest BCUT2D eigenvalue weighted by atomic mass is 10.2. The highest BCUT2D eigenvalue weighted by molar-refractivity contribution is 7.89. The van der Waals surface area contributed by atoms with Gasteiger partial charge in [0.2, 0.25) is 10.0 Å². The second kappa shape index (κ2) is 6.69. The molecular weight excluding hydrogens is 352 g/mol. The fourth-order valence-electron chi connectivity index (χ4n) is 3.44. The SMILES string of the molecule is Cn1nc(CN(Cc2ccco2)S(=O)(=O)c2cccnc2)c2c1CCC2. The Morgan fingerprint density at radius 2 is 2.12 bits per heavy atom. The van der Waals surface area contributed by atoms with E-state index in [1.807, 2.05) is 11.7 Å². The van der Waals surface area contributed by atoms with E-state index in [9.17, 15) is 8.42 Å². The van der Waals surface area contributed by atoms with E-state index in [1.165, 1.54) is 21.8 Å². The summed E-state index contributed by atoms with van der Waals surface area (Å²) in [5.74, 6) is 0.588. The van der Waals surface area contributed by atoms with E-state index in [1.54, 1.807) is 36.7 Å². The second-order valence-corrected chi connectivity index (χ2v) is 8.33. The van der Waals surface area contributed by atoms with Crippen LogP contribution in [0.4, 0.5) is 0 Å². The van der Waals surface area contributed by atoms with Crippen LogP contribution < -0.4 is 0 Å². The molecule has 8 heteroatoms. The molecular formula is C18H20N4O3S. The molecule has 0 radical (unpaired) electrons. The average molecular weight is 372 g/mol. The summed E-state index contributed by atoms with van der Waals surface area (Å²) < 4.78 is 35.0. The van der Waals surface area contributed by atoms with Gasteiger partial charge in [0, 0.05) is 25.1 Å². The summed E-state index contributed by atoms with van der Waals surface area (Å²) in [6.07, 6.45) is 7.49. The molecule has 7 nitrogen and oxygen atoms in total. The first-order valence-electron chi connectivity index (χ1n) is 8.52. The summed E-state index contributed by atoms with van der Waals surface area (Å²) in [7, 11) is -1.81. The number of aryl methyl sites for hydroxylation is 1. The molecule has 0 saturated heterocycles. The van der Waals surface area contributed by atoms with Crippen molar-refractivity contribution in [3.63, 3.8) is 0 Å². The van der Waals surface area contributed by atoms with Gasteiger partial charge in [0.15, 0.2) is 0 Å². The van der Waals surface area contributed by atoms with Crippen molar-refractivity contribution in [3.05, 3.63) is 65.6 Å². The molecule has 0 atom stereocenters. The Bertz CT molecular complexity index is 995. The smallest absolute Gasteiger partial charge is 0.245 e. The lowest BCUT2D eigenvalue weighted by Crippen LogP contribution is -2.30. The molecule has 0 saturated carbocycles. The van der Waals surface area contributed by atoms with E-state index in [-0.39, 0.29) is 18.0 Å². The minimum absolute atomic E-state index is 0.148. The Hall–Kier alpha value is -2.45. The summed E-state index contributed by atoms with van der Waals surface area (Å²) in [5, 5.41) is 4.57. The Balaban J connectivity index is 1.71. The van der Waals surface area contributed by atoms with Crippen molar-refractivity contribution in [3.8, 4) is 0 Å². The predicted molar refractivity (Wildman–Crippen MR) is 94.6 cm³/mol. The molecule has 0 fully saturated rings. The van der Waals surface area contributed by atoms with Gasteiger partial charge in [-0.1, -0.05) is 0 Å². The van der Waals surface area contributed by atoms with Gasteiger partial charge in [-0.15, -0.1) is 0 Å². The zero-order chi connectivity index (χ0) is 18.1. The van der Waals surface area contributed by atoms with Gasteiger partial charge in [0.25, 0.3) is 0 Å². The molecule has 0 amide bonds. The highest BCUT2D eigenvalue weighted by Gasteiger charge is 2.29. The molecule has 0 bridgehead atoms. The molecule has 1 aliphatic carbocycles. The van der Waals surface area contributed by atoms with Crippen LogP contribution in [0.1, 0.15) is 29.1 Å². The molecule has 4 rings (SSSR count). The second-order valence-electron chi connectivity index (χ2n) is 6.39. The third-order valence-corrected chi connectivity index (χ3v) is 6.48. The summed E-state index contributed by atoms with van der Waals surface area (Å²) in [6.45, 7) is 0.358. The number of rotatable bonds is 6. The lowest BCUT2D eigenvalue weighted by molar-refractivity contribution is 0.353. The van der Waals surface area contributed by atoms with Crippen molar-refractivity contribution in [2.45, 2.75) is 37.2 Å². The van der Waals surface area contributed by atoms with Crippen LogP contribution in [0, 0.1) is 0 Å². The number of hydrogen-bond acceptors (Lipinski definition) is 5. The van der Waals surface area contributed by atoms with Crippen LogP contribution in [-0.2, 0) is 43.0 Å². The van der Waals surface area contributed by atoms with E-state index in [0.717, 1.165) is 25.0 Å². The molecule has 0 aromatic carbocycles. The van der Waals surface area contributed by atoms with E-state index in [4.69, 9.17) is 4.42 Å². The fraction of sp³-hybridized carbons (Fsp3) is 0.333. The van der Waals surface area contributed by atoms with Crippen LogP contribution in [0.25, 0.3) is 0 Å². The maximum absolute atomic E-state index is 13.2. The predicted octanol–water partition coefficient (Wildman–Crippen LogP) is 2.29. The Morgan fingerprint density at radius 3 is 2.85 bits per heavy atom. The number of nitrogens with zero attached hydrogens (tertiary/aromatic N) is 4. The first-order valence-corrected chi connectivity index (χ1v) is 9.96. The summed E-state index contributed by atoms with van der Waals surface area (Å²) in [6, 6.07) is 6.70. The third-order valence-electron chi connectivity index (χ3n) is 4.71. The molecule has 3 aromatic rings. The Morgan fingerprint density at radius 1 is 1.23 bits per heavy atom. The standard InChI is InChI=1S/C18H20N4O3S/c1-21-18-8-2-7-16(18)17(20-21)13-22(12-14-5-4-10-25-14)26(23,24)15-6-3-9-19-11-15/h3-6,9-11H,2,7-8,12-13H2,1H3. The number of sulfonamides is 1. The van der Waals surface area contributed by atoms with Gasteiger partial charge in [0.05, 0.1) is 25.0 Å². The van der Waals surface area contributed by atoms with Crippen molar-refractivity contribution in [1.29, 1.82) is 0 Å². The molecule has 0 spiro atoms. The van der Waals surface area contributed by atoms with E-state index < -0.39 is 10.0 Å². The minimum atomic E-state index is -3.72. The van der Waals surface area contributed by atoms with Gasteiger partial charge in [-0.25, -0.2) is 8.42 Å². The van der Waals surface area contributed by atoms with E-state index in [2.05, 4.69) is 10.1 Å². The number of hydrogen-bond donors (Lipinski definition) is 0. The van der Waals surface area contributed by atoms with Crippen molar-refractivity contribution in [2.24, 2.45) is 7.05 Å². The molecule has 3 aromatic heterocycles. The topological polar surface area (TPSA) is 81.2 Å². The molecule has 0 aliphatic heterocycles. The largest absolute Gasteiger partial charge is 0.468 e. The molecule has 0 N–H and O–H groups in total. The maximum atomic E-state index is 13.2. The number of furan rings is 1.